The van der Waals surface area contributed by atoms with E-state index in [0.29, 0.717) is 6.08 Å². The Balaban J connectivity index is 0. The number of alkyl halides is 3. The van der Waals surface area contributed by atoms with Gasteiger partial charge in [-0.25, -0.2) is 9.59 Å². The molecule has 0 saturated carbocycles. The molecule has 0 aromatic heterocycles. The Morgan fingerprint density at radius 1 is 1.44 bits per heavy atom. The van der Waals surface area contributed by atoms with E-state index in [1.165, 1.54) is 6.92 Å². The Morgan fingerprint density at radius 3 is 2.00 bits per heavy atom. The molecule has 0 fully saturated rings. The molecule has 0 aliphatic heterocycles. The lowest BCUT2D eigenvalue weighted by molar-refractivity contribution is -0.182. The van der Waals surface area contributed by atoms with Crippen LogP contribution in [0.3, 0.4) is 0 Å². The van der Waals surface area contributed by atoms with E-state index in [1.54, 1.807) is 0 Å². The fraction of sp³-hybridized carbons (Fsp3) is 0.333. The number of carbonyl (C=O) groups excluding carboxylic acids is 1. The van der Waals surface area contributed by atoms with Crippen molar-refractivity contribution < 1.29 is 32.6 Å². The first kappa shape index (κ1) is 16.6. The van der Waals surface area contributed by atoms with E-state index in [-0.39, 0.29) is 5.57 Å². The molecule has 0 bridgehead atoms. The summed E-state index contributed by atoms with van der Waals surface area (Å²) < 4.78 is 37.4. The topological polar surface area (TPSA) is 63.6 Å². The highest BCUT2D eigenvalue weighted by molar-refractivity contribution is 5.84. The minimum atomic E-state index is -4.46. The van der Waals surface area contributed by atoms with Gasteiger partial charge < -0.3 is 9.84 Å². The molecule has 0 saturated heterocycles. The van der Waals surface area contributed by atoms with E-state index in [9.17, 15) is 22.8 Å². The predicted molar refractivity (Wildman–Crippen MR) is 49.7 cm³/mol. The van der Waals surface area contributed by atoms with Crippen LogP contribution in [-0.4, -0.2) is 29.8 Å². The van der Waals surface area contributed by atoms with Crippen molar-refractivity contribution in [3.8, 4) is 0 Å². The van der Waals surface area contributed by atoms with Crippen molar-refractivity contribution in [2.45, 2.75) is 13.1 Å². The highest BCUT2D eigenvalue weighted by atomic mass is 19.4. The summed E-state index contributed by atoms with van der Waals surface area (Å²) in [7, 11) is 0. The average Bonchev–Trinajstić information content (AvgIpc) is 2.13. The number of carboxylic acid groups (broad SMARTS) is 1. The van der Waals surface area contributed by atoms with Crippen LogP contribution in [0.5, 0.6) is 0 Å². The van der Waals surface area contributed by atoms with E-state index in [1.807, 2.05) is 0 Å². The molecule has 0 radical (unpaired) electrons. The monoisotopic (exact) mass is 240 g/mol. The number of rotatable bonds is 3. The van der Waals surface area contributed by atoms with E-state index < -0.39 is 24.7 Å². The third-order valence-electron chi connectivity index (χ3n) is 0.910. The zero-order chi connectivity index (χ0) is 13.4. The van der Waals surface area contributed by atoms with Crippen LogP contribution in [-0.2, 0) is 14.3 Å². The van der Waals surface area contributed by atoms with Crippen molar-refractivity contribution in [2.24, 2.45) is 0 Å². The molecule has 4 nitrogen and oxygen atoms in total. The molecule has 0 aliphatic carbocycles. The van der Waals surface area contributed by atoms with Gasteiger partial charge in [0.25, 0.3) is 0 Å². The van der Waals surface area contributed by atoms with E-state index >= 15 is 0 Å². The molecule has 92 valence electrons. The molecular formula is C9H11F3O4. The Morgan fingerprint density at radius 2 is 1.81 bits per heavy atom. The molecule has 0 aliphatic rings. The van der Waals surface area contributed by atoms with Crippen molar-refractivity contribution in [1.29, 1.82) is 0 Å². The zero-order valence-electron chi connectivity index (χ0n) is 8.50. The lowest BCUT2D eigenvalue weighted by Gasteiger charge is -2.04. The molecule has 0 heterocycles. The van der Waals surface area contributed by atoms with E-state index in [4.69, 9.17) is 5.11 Å². The van der Waals surface area contributed by atoms with Crippen molar-refractivity contribution in [3.05, 3.63) is 24.8 Å². The summed E-state index contributed by atoms with van der Waals surface area (Å²) in [6.45, 7) is 5.96. The maximum atomic E-state index is 11.2. The first-order valence-corrected chi connectivity index (χ1v) is 3.85. The summed E-state index contributed by atoms with van der Waals surface area (Å²) in [4.78, 5) is 19.6. The van der Waals surface area contributed by atoms with Crippen molar-refractivity contribution >= 4 is 11.9 Å². The summed E-state index contributed by atoms with van der Waals surface area (Å²) in [5, 5.41) is 7.89. The summed E-state index contributed by atoms with van der Waals surface area (Å²) in [5.41, 5.74) is 0.176. The highest BCUT2D eigenvalue weighted by Gasteiger charge is 2.28. The number of hydrogen-bond donors (Lipinski definition) is 1. The Kier molecular flexibility index (Phi) is 7.79. The second-order valence-electron chi connectivity index (χ2n) is 2.51. The fourth-order valence-corrected chi connectivity index (χ4v) is 0.212. The molecule has 0 unspecified atom stereocenters. The van der Waals surface area contributed by atoms with Crippen LogP contribution < -0.4 is 0 Å². The van der Waals surface area contributed by atoms with Crippen LogP contribution in [0.25, 0.3) is 0 Å². The van der Waals surface area contributed by atoms with Crippen LogP contribution in [0.15, 0.2) is 24.8 Å². The molecule has 16 heavy (non-hydrogen) atoms. The van der Waals surface area contributed by atoms with Crippen molar-refractivity contribution in [2.75, 3.05) is 6.61 Å². The second-order valence-corrected chi connectivity index (χ2v) is 2.51. The van der Waals surface area contributed by atoms with E-state index in [0.717, 1.165) is 0 Å². The van der Waals surface area contributed by atoms with Gasteiger partial charge in [0.05, 0.1) is 0 Å². The molecule has 0 aromatic carbocycles. The Hall–Kier alpha value is -1.79. The first-order chi connectivity index (χ1) is 7.10. The number of carbonyl (C=O) groups is 2. The maximum absolute atomic E-state index is 11.2. The molecule has 0 amide bonds. The number of hydrogen-bond acceptors (Lipinski definition) is 3. The number of ether oxygens (including phenoxy) is 1. The van der Waals surface area contributed by atoms with Crippen molar-refractivity contribution in [1.82, 2.24) is 0 Å². The predicted octanol–water partition coefficient (Wildman–Crippen LogP) is 1.93. The van der Waals surface area contributed by atoms with Gasteiger partial charge in [0.1, 0.15) is 0 Å². The fourth-order valence-electron chi connectivity index (χ4n) is 0.212. The van der Waals surface area contributed by atoms with Crippen LogP contribution in [0, 0.1) is 0 Å². The van der Waals surface area contributed by atoms with Crippen LogP contribution in [0.1, 0.15) is 6.92 Å². The summed E-state index contributed by atoms with van der Waals surface area (Å²) >= 11 is 0. The quantitative estimate of drug-likeness (QED) is 0.604. The van der Waals surface area contributed by atoms with Gasteiger partial charge in [0.15, 0.2) is 6.61 Å². The standard InChI is InChI=1S/C5H5F3O2.C4H6O2/c1-2-4(9)10-3-5(6,7)8;1-3(2)4(5)6/h2H,1,3H2;1H2,2H3,(H,5,6). The molecule has 0 rings (SSSR count). The van der Waals surface area contributed by atoms with Gasteiger partial charge in [-0.1, -0.05) is 13.2 Å². The number of carboxylic acids is 1. The number of halogens is 3. The summed E-state index contributed by atoms with van der Waals surface area (Å²) in [6, 6.07) is 0. The van der Waals surface area contributed by atoms with E-state index in [2.05, 4.69) is 17.9 Å². The smallest absolute Gasteiger partial charge is 0.422 e. The minimum Gasteiger partial charge on any atom is -0.478 e. The van der Waals surface area contributed by atoms with Crippen LogP contribution in [0.2, 0.25) is 0 Å². The lowest BCUT2D eigenvalue weighted by Crippen LogP contribution is -2.19. The third kappa shape index (κ3) is 14.7. The Labute approximate surface area is 90.0 Å². The van der Waals surface area contributed by atoms with Gasteiger partial charge in [-0.15, -0.1) is 0 Å². The molecular weight excluding hydrogens is 229 g/mol. The van der Waals surface area contributed by atoms with Crippen LogP contribution >= 0.6 is 0 Å². The molecule has 1 N–H and O–H groups in total. The number of esters is 1. The molecule has 0 aromatic rings. The first-order valence-electron chi connectivity index (χ1n) is 3.85. The van der Waals surface area contributed by atoms with Gasteiger partial charge in [-0.3, -0.25) is 0 Å². The minimum absolute atomic E-state index is 0.176. The van der Waals surface area contributed by atoms with Crippen molar-refractivity contribution in [3.63, 3.8) is 0 Å². The molecule has 0 spiro atoms. The number of aliphatic carboxylic acids is 1. The SMILES string of the molecule is C=C(C)C(=O)O.C=CC(=O)OCC(F)(F)F. The maximum Gasteiger partial charge on any atom is 0.422 e. The molecule has 7 heteroatoms. The largest absolute Gasteiger partial charge is 0.478 e. The Bertz CT molecular complexity index is 269. The lowest BCUT2D eigenvalue weighted by atomic mass is 10.4. The van der Waals surface area contributed by atoms with Crippen LogP contribution in [0.4, 0.5) is 13.2 Å². The van der Waals surface area contributed by atoms with Gasteiger partial charge in [0, 0.05) is 11.6 Å². The van der Waals surface area contributed by atoms with Gasteiger partial charge >= 0.3 is 18.1 Å². The molecule has 0 atom stereocenters. The normalized spacial score (nSPS) is 9.50. The average molecular weight is 240 g/mol. The summed E-state index contributed by atoms with van der Waals surface area (Å²) in [5.74, 6) is -2.01. The third-order valence-corrected chi connectivity index (χ3v) is 0.910. The second kappa shape index (κ2) is 7.49. The highest BCUT2D eigenvalue weighted by Crippen LogP contribution is 2.14. The van der Waals surface area contributed by atoms with Gasteiger partial charge in [-0.05, 0) is 6.92 Å². The van der Waals surface area contributed by atoms with Gasteiger partial charge in [0.2, 0.25) is 0 Å². The zero-order valence-corrected chi connectivity index (χ0v) is 8.50. The van der Waals surface area contributed by atoms with Gasteiger partial charge in [-0.2, -0.15) is 13.2 Å². The summed E-state index contributed by atoms with van der Waals surface area (Å²) in [6.07, 6.45) is -3.79.